The lowest BCUT2D eigenvalue weighted by molar-refractivity contribution is -0.127. The van der Waals surface area contributed by atoms with Gasteiger partial charge < -0.3 is 15.4 Å². The maximum Gasteiger partial charge on any atom is 0.247 e. The van der Waals surface area contributed by atoms with E-state index >= 15 is 0 Å². The first-order chi connectivity index (χ1) is 14.0. The highest BCUT2D eigenvalue weighted by Gasteiger charge is 2.24. The van der Waals surface area contributed by atoms with Crippen molar-refractivity contribution < 1.29 is 14.3 Å². The van der Waals surface area contributed by atoms with E-state index in [0.717, 1.165) is 16.3 Å². The molecule has 0 fully saturated rings. The van der Waals surface area contributed by atoms with Crippen LogP contribution in [0.25, 0.3) is 10.8 Å². The molecule has 0 saturated heterocycles. The third-order valence-electron chi connectivity index (χ3n) is 4.83. The molecule has 0 aliphatic carbocycles. The number of fused-ring (bicyclic) bond motifs is 1. The van der Waals surface area contributed by atoms with Gasteiger partial charge in [0, 0.05) is 11.8 Å². The van der Waals surface area contributed by atoms with Crippen LogP contribution in [0.5, 0.6) is 5.75 Å². The number of rotatable bonds is 7. The fourth-order valence-corrected chi connectivity index (χ4v) is 3.30. The lowest BCUT2D eigenvalue weighted by atomic mass is 10.00. The molecule has 0 aromatic heterocycles. The Morgan fingerprint density at radius 2 is 1.69 bits per heavy atom. The molecular formula is C24H26N2O3. The zero-order valence-electron chi connectivity index (χ0n) is 16.9. The molecule has 1 atom stereocenters. The SMILES string of the molecule is COc1cccc(NC(=O)C(NC(=O)Cc2cccc3ccccc23)C(C)C)c1. The van der Waals surface area contributed by atoms with Gasteiger partial charge in [0.15, 0.2) is 0 Å². The molecule has 0 spiro atoms. The summed E-state index contributed by atoms with van der Waals surface area (Å²) >= 11 is 0. The van der Waals surface area contributed by atoms with Crippen molar-refractivity contribution in [1.29, 1.82) is 0 Å². The minimum absolute atomic E-state index is 0.0583. The Kier molecular flexibility index (Phi) is 6.50. The standard InChI is InChI=1S/C24H26N2O3/c1-16(2)23(24(28)25-19-11-7-12-20(15-19)29-3)26-22(27)14-18-10-6-9-17-8-4-5-13-21(17)18/h4-13,15-16,23H,14H2,1-3H3,(H,25,28)(H,26,27). The predicted octanol–water partition coefficient (Wildman–Crippen LogP) is 4.17. The van der Waals surface area contributed by atoms with Crippen molar-refractivity contribution in [2.75, 3.05) is 12.4 Å². The first kappa shape index (κ1) is 20.4. The Morgan fingerprint density at radius 1 is 0.966 bits per heavy atom. The summed E-state index contributed by atoms with van der Waals surface area (Å²) < 4.78 is 5.19. The van der Waals surface area contributed by atoms with Gasteiger partial charge in [0.2, 0.25) is 11.8 Å². The average Bonchev–Trinajstić information content (AvgIpc) is 2.72. The summed E-state index contributed by atoms with van der Waals surface area (Å²) in [5.74, 6) is 0.168. The van der Waals surface area contributed by atoms with Crippen LogP contribution in [0.1, 0.15) is 19.4 Å². The Labute approximate surface area is 171 Å². The number of amides is 2. The third-order valence-corrected chi connectivity index (χ3v) is 4.83. The zero-order chi connectivity index (χ0) is 20.8. The normalized spacial score (nSPS) is 11.9. The fraction of sp³-hybridized carbons (Fsp3) is 0.250. The lowest BCUT2D eigenvalue weighted by Crippen LogP contribution is -2.47. The van der Waals surface area contributed by atoms with Gasteiger partial charge in [0.1, 0.15) is 11.8 Å². The molecule has 5 heteroatoms. The van der Waals surface area contributed by atoms with E-state index in [9.17, 15) is 9.59 Å². The molecule has 0 radical (unpaired) electrons. The Bertz CT molecular complexity index is 1010. The average molecular weight is 390 g/mol. The van der Waals surface area contributed by atoms with Crippen molar-refractivity contribution >= 4 is 28.3 Å². The van der Waals surface area contributed by atoms with E-state index in [2.05, 4.69) is 10.6 Å². The minimum atomic E-state index is -0.635. The van der Waals surface area contributed by atoms with Gasteiger partial charge in [-0.15, -0.1) is 0 Å². The van der Waals surface area contributed by atoms with Crippen LogP contribution >= 0.6 is 0 Å². The summed E-state index contributed by atoms with van der Waals surface area (Å²) in [6.07, 6.45) is 0.219. The lowest BCUT2D eigenvalue weighted by Gasteiger charge is -2.22. The molecule has 3 aromatic carbocycles. The van der Waals surface area contributed by atoms with E-state index in [4.69, 9.17) is 4.74 Å². The van der Waals surface area contributed by atoms with Crippen molar-refractivity contribution in [1.82, 2.24) is 5.32 Å². The number of benzene rings is 3. The smallest absolute Gasteiger partial charge is 0.247 e. The summed E-state index contributed by atoms with van der Waals surface area (Å²) in [5, 5.41) is 7.90. The molecular weight excluding hydrogens is 364 g/mol. The van der Waals surface area contributed by atoms with E-state index in [1.807, 2.05) is 62.4 Å². The molecule has 2 N–H and O–H groups in total. The number of ether oxygens (including phenoxy) is 1. The van der Waals surface area contributed by atoms with Gasteiger partial charge in [0.05, 0.1) is 13.5 Å². The first-order valence-electron chi connectivity index (χ1n) is 9.69. The van der Waals surface area contributed by atoms with Gasteiger partial charge in [0.25, 0.3) is 0 Å². The highest BCUT2D eigenvalue weighted by atomic mass is 16.5. The molecule has 0 aliphatic rings. The monoisotopic (exact) mass is 390 g/mol. The Balaban J connectivity index is 1.70. The van der Waals surface area contributed by atoms with Crippen molar-refractivity contribution in [3.8, 4) is 5.75 Å². The van der Waals surface area contributed by atoms with E-state index in [0.29, 0.717) is 11.4 Å². The largest absolute Gasteiger partial charge is 0.497 e. The predicted molar refractivity (Wildman–Crippen MR) is 116 cm³/mol. The second kappa shape index (κ2) is 9.24. The van der Waals surface area contributed by atoms with Gasteiger partial charge in [-0.1, -0.05) is 62.4 Å². The summed E-state index contributed by atoms with van der Waals surface area (Å²) in [7, 11) is 1.57. The molecule has 0 saturated carbocycles. The zero-order valence-corrected chi connectivity index (χ0v) is 16.9. The Morgan fingerprint density at radius 3 is 2.45 bits per heavy atom. The van der Waals surface area contributed by atoms with Crippen LogP contribution in [0.2, 0.25) is 0 Å². The highest BCUT2D eigenvalue weighted by Crippen LogP contribution is 2.20. The fourth-order valence-electron chi connectivity index (χ4n) is 3.30. The second-order valence-electron chi connectivity index (χ2n) is 7.33. The van der Waals surface area contributed by atoms with Gasteiger partial charge in [-0.25, -0.2) is 0 Å². The molecule has 0 aliphatic heterocycles. The number of carbonyl (C=O) groups excluding carboxylic acids is 2. The van der Waals surface area contributed by atoms with Crippen LogP contribution in [-0.2, 0) is 16.0 Å². The Hall–Kier alpha value is -3.34. The first-order valence-corrected chi connectivity index (χ1v) is 9.69. The summed E-state index contributed by atoms with van der Waals surface area (Å²) in [6.45, 7) is 3.82. The van der Waals surface area contributed by atoms with Crippen LogP contribution in [0.3, 0.4) is 0 Å². The van der Waals surface area contributed by atoms with Crippen LogP contribution < -0.4 is 15.4 Å². The quantitative estimate of drug-likeness (QED) is 0.636. The maximum absolute atomic E-state index is 12.8. The van der Waals surface area contributed by atoms with Gasteiger partial charge in [-0.2, -0.15) is 0 Å². The van der Waals surface area contributed by atoms with Crippen molar-refractivity contribution in [3.63, 3.8) is 0 Å². The number of hydrogen-bond donors (Lipinski definition) is 2. The molecule has 5 nitrogen and oxygen atoms in total. The van der Waals surface area contributed by atoms with Crippen LogP contribution in [0, 0.1) is 5.92 Å². The number of anilines is 1. The van der Waals surface area contributed by atoms with E-state index in [1.165, 1.54) is 0 Å². The maximum atomic E-state index is 12.8. The number of nitrogens with one attached hydrogen (secondary N) is 2. The molecule has 150 valence electrons. The summed E-state index contributed by atoms with van der Waals surface area (Å²) in [6, 6.07) is 20.4. The van der Waals surface area contributed by atoms with Crippen LogP contribution in [-0.4, -0.2) is 25.0 Å². The number of methoxy groups -OCH3 is 1. The molecule has 3 aromatic rings. The molecule has 29 heavy (non-hydrogen) atoms. The number of hydrogen-bond acceptors (Lipinski definition) is 3. The summed E-state index contributed by atoms with van der Waals surface area (Å²) in [5.41, 5.74) is 1.57. The van der Waals surface area contributed by atoms with Crippen molar-refractivity contribution in [2.24, 2.45) is 5.92 Å². The molecule has 3 rings (SSSR count). The van der Waals surface area contributed by atoms with E-state index in [1.54, 1.807) is 25.3 Å². The summed E-state index contributed by atoms with van der Waals surface area (Å²) in [4.78, 5) is 25.5. The van der Waals surface area contributed by atoms with E-state index in [-0.39, 0.29) is 24.2 Å². The third kappa shape index (κ3) is 5.13. The van der Waals surface area contributed by atoms with Gasteiger partial charge in [-0.3, -0.25) is 9.59 Å². The molecule has 0 bridgehead atoms. The van der Waals surface area contributed by atoms with Gasteiger partial charge in [-0.05, 0) is 34.4 Å². The van der Waals surface area contributed by atoms with Crippen LogP contribution in [0.15, 0.2) is 66.7 Å². The minimum Gasteiger partial charge on any atom is -0.497 e. The van der Waals surface area contributed by atoms with E-state index < -0.39 is 6.04 Å². The van der Waals surface area contributed by atoms with Crippen molar-refractivity contribution in [2.45, 2.75) is 26.3 Å². The molecule has 1 unspecified atom stereocenters. The topological polar surface area (TPSA) is 67.4 Å². The molecule has 2 amide bonds. The highest BCUT2D eigenvalue weighted by molar-refractivity contribution is 5.98. The number of carbonyl (C=O) groups is 2. The molecule has 0 heterocycles. The van der Waals surface area contributed by atoms with Crippen molar-refractivity contribution in [3.05, 3.63) is 72.3 Å². The second-order valence-corrected chi connectivity index (χ2v) is 7.33. The van der Waals surface area contributed by atoms with Crippen LogP contribution in [0.4, 0.5) is 5.69 Å². The van der Waals surface area contributed by atoms with Gasteiger partial charge >= 0.3 is 0 Å².